The number of carbonyl (C=O) groups excluding carboxylic acids is 1. The van der Waals surface area contributed by atoms with Gasteiger partial charge in [0.25, 0.3) is 0 Å². The van der Waals surface area contributed by atoms with Crippen LogP contribution in [0, 0.1) is 0 Å². The molecule has 5 nitrogen and oxygen atoms in total. The summed E-state index contributed by atoms with van der Waals surface area (Å²) in [4.78, 5) is 11.5. The molecule has 0 aliphatic heterocycles. The van der Waals surface area contributed by atoms with Crippen LogP contribution in [-0.4, -0.2) is 18.7 Å². The summed E-state index contributed by atoms with van der Waals surface area (Å²) >= 11 is 0. The number of carbonyl (C=O) groups is 1. The molecule has 100 valence electrons. The van der Waals surface area contributed by atoms with Crippen LogP contribution < -0.4 is 16.2 Å². The fraction of sp³-hybridized carbons (Fsp3) is 0.462. The third kappa shape index (κ3) is 5.54. The van der Waals surface area contributed by atoms with Crippen LogP contribution in [0.4, 0.5) is 10.5 Å². The number of nitrogens with one attached hydrogen (secondary N) is 3. The van der Waals surface area contributed by atoms with Gasteiger partial charge in [0.1, 0.15) is 5.60 Å². The van der Waals surface area contributed by atoms with Gasteiger partial charge in [0, 0.05) is 19.3 Å². The third-order valence-electron chi connectivity index (χ3n) is 2.03. The van der Waals surface area contributed by atoms with Gasteiger partial charge < -0.3 is 15.5 Å². The molecule has 0 bridgehead atoms. The van der Waals surface area contributed by atoms with Crippen molar-refractivity contribution in [2.45, 2.75) is 32.9 Å². The molecule has 0 fully saturated rings. The van der Waals surface area contributed by atoms with Gasteiger partial charge in [-0.05, 0) is 38.5 Å². The highest BCUT2D eigenvalue weighted by atomic mass is 16.6. The van der Waals surface area contributed by atoms with Crippen molar-refractivity contribution in [3.05, 3.63) is 29.8 Å². The van der Waals surface area contributed by atoms with Crippen molar-refractivity contribution in [2.24, 2.45) is 0 Å². The maximum absolute atomic E-state index is 11.5. The van der Waals surface area contributed by atoms with Gasteiger partial charge in [-0.1, -0.05) is 12.1 Å². The summed E-state index contributed by atoms with van der Waals surface area (Å²) in [5.74, 6) is 0. The quantitative estimate of drug-likeness (QED) is 0.718. The lowest BCUT2D eigenvalue weighted by atomic mass is 10.2. The standard InChI is InChI=1S/C13H21N3O2/c1-13(2,3)18-12(17)15-9-10-6-5-7-11(8-10)16-14-4/h5-8,14,16H,9H2,1-4H3,(H,15,17). The largest absolute Gasteiger partial charge is 0.444 e. The fourth-order valence-electron chi connectivity index (χ4n) is 1.39. The van der Waals surface area contributed by atoms with E-state index in [1.165, 1.54) is 0 Å². The number of rotatable bonds is 4. The summed E-state index contributed by atoms with van der Waals surface area (Å²) in [5.41, 5.74) is 7.30. The zero-order chi connectivity index (χ0) is 13.6. The number of hydrogen-bond donors (Lipinski definition) is 3. The second kappa shape index (κ2) is 6.26. The Bertz CT molecular complexity index is 399. The molecule has 1 amide bonds. The maximum atomic E-state index is 11.5. The van der Waals surface area contributed by atoms with E-state index in [2.05, 4.69) is 16.2 Å². The summed E-state index contributed by atoms with van der Waals surface area (Å²) < 4.78 is 5.16. The topological polar surface area (TPSA) is 62.4 Å². The second-order valence-electron chi connectivity index (χ2n) is 4.93. The molecule has 0 heterocycles. The van der Waals surface area contributed by atoms with Crippen LogP contribution in [0.1, 0.15) is 26.3 Å². The molecule has 0 spiro atoms. The number of hydrogen-bond acceptors (Lipinski definition) is 4. The van der Waals surface area contributed by atoms with Gasteiger partial charge in [-0.2, -0.15) is 0 Å². The normalized spacial score (nSPS) is 10.9. The minimum Gasteiger partial charge on any atom is -0.444 e. The number of benzene rings is 1. The first kappa shape index (κ1) is 14.3. The molecule has 0 atom stereocenters. The van der Waals surface area contributed by atoms with Gasteiger partial charge in [-0.3, -0.25) is 0 Å². The van der Waals surface area contributed by atoms with E-state index in [0.29, 0.717) is 6.54 Å². The molecule has 0 aliphatic rings. The maximum Gasteiger partial charge on any atom is 0.407 e. The Morgan fingerprint density at radius 3 is 2.67 bits per heavy atom. The first-order valence-corrected chi connectivity index (χ1v) is 5.89. The molecule has 0 unspecified atom stereocenters. The van der Waals surface area contributed by atoms with E-state index in [1.807, 2.05) is 45.0 Å². The van der Waals surface area contributed by atoms with Crippen molar-refractivity contribution in [1.29, 1.82) is 0 Å². The molecule has 1 rings (SSSR count). The molecular weight excluding hydrogens is 230 g/mol. The summed E-state index contributed by atoms with van der Waals surface area (Å²) in [5, 5.41) is 2.72. The Morgan fingerprint density at radius 2 is 2.06 bits per heavy atom. The fourth-order valence-corrected chi connectivity index (χ4v) is 1.39. The molecule has 0 aliphatic carbocycles. The monoisotopic (exact) mass is 251 g/mol. The van der Waals surface area contributed by atoms with E-state index in [0.717, 1.165) is 11.3 Å². The highest BCUT2D eigenvalue weighted by Gasteiger charge is 2.15. The number of amides is 1. The number of ether oxygens (including phenoxy) is 1. The Balaban J connectivity index is 2.48. The lowest BCUT2D eigenvalue weighted by molar-refractivity contribution is 0.0523. The van der Waals surface area contributed by atoms with Gasteiger partial charge in [0.15, 0.2) is 0 Å². The van der Waals surface area contributed by atoms with Gasteiger partial charge in [0.2, 0.25) is 0 Å². The molecule has 3 N–H and O–H groups in total. The van der Waals surface area contributed by atoms with Crippen molar-refractivity contribution in [3.63, 3.8) is 0 Å². The smallest absolute Gasteiger partial charge is 0.407 e. The molecule has 0 aromatic heterocycles. The zero-order valence-corrected chi connectivity index (χ0v) is 11.3. The first-order chi connectivity index (χ1) is 8.40. The molecular formula is C13H21N3O2. The third-order valence-corrected chi connectivity index (χ3v) is 2.03. The Hall–Kier alpha value is -1.75. The Morgan fingerprint density at radius 1 is 1.33 bits per heavy atom. The van der Waals surface area contributed by atoms with E-state index in [9.17, 15) is 4.79 Å². The second-order valence-corrected chi connectivity index (χ2v) is 4.93. The Kier molecular flexibility index (Phi) is 4.97. The molecule has 1 aromatic carbocycles. The summed E-state index contributed by atoms with van der Waals surface area (Å²) in [7, 11) is 1.80. The van der Waals surface area contributed by atoms with Crippen molar-refractivity contribution >= 4 is 11.8 Å². The van der Waals surface area contributed by atoms with Gasteiger partial charge in [0.05, 0.1) is 0 Å². The van der Waals surface area contributed by atoms with E-state index in [-0.39, 0.29) is 0 Å². The number of anilines is 1. The van der Waals surface area contributed by atoms with Gasteiger partial charge in [-0.15, -0.1) is 0 Å². The summed E-state index contributed by atoms with van der Waals surface area (Å²) in [6.07, 6.45) is -0.408. The van der Waals surface area contributed by atoms with Crippen molar-refractivity contribution in [3.8, 4) is 0 Å². The minimum atomic E-state index is -0.473. The average Bonchev–Trinajstić information content (AvgIpc) is 2.25. The predicted octanol–water partition coefficient (Wildman–Crippen LogP) is 2.26. The highest BCUT2D eigenvalue weighted by Crippen LogP contribution is 2.10. The van der Waals surface area contributed by atoms with Gasteiger partial charge >= 0.3 is 6.09 Å². The summed E-state index contributed by atoms with van der Waals surface area (Å²) in [6.45, 7) is 5.95. The lowest BCUT2D eigenvalue weighted by Gasteiger charge is -2.19. The number of alkyl carbamates (subject to hydrolysis) is 1. The van der Waals surface area contributed by atoms with E-state index < -0.39 is 11.7 Å². The summed E-state index contributed by atoms with van der Waals surface area (Å²) in [6, 6.07) is 7.76. The molecule has 18 heavy (non-hydrogen) atoms. The SMILES string of the molecule is CNNc1cccc(CNC(=O)OC(C)(C)C)c1. The highest BCUT2D eigenvalue weighted by molar-refractivity contribution is 5.67. The van der Waals surface area contributed by atoms with E-state index in [1.54, 1.807) is 7.05 Å². The molecule has 5 heteroatoms. The van der Waals surface area contributed by atoms with Crippen LogP contribution in [-0.2, 0) is 11.3 Å². The van der Waals surface area contributed by atoms with Crippen LogP contribution in [0.3, 0.4) is 0 Å². The van der Waals surface area contributed by atoms with Crippen LogP contribution in [0.5, 0.6) is 0 Å². The van der Waals surface area contributed by atoms with Gasteiger partial charge in [-0.25, -0.2) is 10.2 Å². The lowest BCUT2D eigenvalue weighted by Crippen LogP contribution is -2.32. The van der Waals surface area contributed by atoms with Crippen LogP contribution in [0.2, 0.25) is 0 Å². The van der Waals surface area contributed by atoms with Crippen molar-refractivity contribution in [1.82, 2.24) is 10.7 Å². The Labute approximate surface area is 108 Å². The average molecular weight is 251 g/mol. The minimum absolute atomic E-state index is 0.408. The van der Waals surface area contributed by atoms with Crippen molar-refractivity contribution < 1.29 is 9.53 Å². The number of hydrazine groups is 1. The first-order valence-electron chi connectivity index (χ1n) is 5.89. The van der Waals surface area contributed by atoms with Crippen molar-refractivity contribution in [2.75, 3.05) is 12.5 Å². The predicted molar refractivity (Wildman–Crippen MR) is 72.2 cm³/mol. The molecule has 0 saturated carbocycles. The molecule has 1 aromatic rings. The van der Waals surface area contributed by atoms with Crippen LogP contribution >= 0.6 is 0 Å². The van der Waals surface area contributed by atoms with E-state index >= 15 is 0 Å². The van der Waals surface area contributed by atoms with Crippen LogP contribution in [0.25, 0.3) is 0 Å². The molecule has 0 saturated heterocycles. The van der Waals surface area contributed by atoms with E-state index in [4.69, 9.17) is 4.74 Å². The van der Waals surface area contributed by atoms with Crippen LogP contribution in [0.15, 0.2) is 24.3 Å². The molecule has 0 radical (unpaired) electrons. The zero-order valence-electron chi connectivity index (χ0n) is 11.3.